The summed E-state index contributed by atoms with van der Waals surface area (Å²) in [5, 5.41) is 5.74. The second-order valence-electron chi connectivity index (χ2n) is 14.5. The van der Waals surface area contributed by atoms with Crippen LogP contribution in [0.25, 0.3) is 0 Å². The normalized spacial score (nSPS) is 31.4. The van der Waals surface area contributed by atoms with Crippen molar-refractivity contribution in [2.24, 2.45) is 28.0 Å². The van der Waals surface area contributed by atoms with Crippen LogP contribution < -0.4 is 20.3 Å². The summed E-state index contributed by atoms with van der Waals surface area (Å²) in [5.41, 5.74) is 3.29. The van der Waals surface area contributed by atoms with Crippen LogP contribution in [-0.2, 0) is 32.2 Å². The Labute approximate surface area is 310 Å². The largest absolute Gasteiger partial charge is 0.491 e. The molecule has 8 atom stereocenters. The van der Waals surface area contributed by atoms with E-state index in [0.29, 0.717) is 36.4 Å². The predicted molar refractivity (Wildman–Crippen MR) is 198 cm³/mol. The number of ether oxygens (including phenoxy) is 3. The van der Waals surface area contributed by atoms with Gasteiger partial charge in [0.15, 0.2) is 0 Å². The van der Waals surface area contributed by atoms with Crippen LogP contribution in [0.3, 0.4) is 0 Å². The molecular formula is C38H49ClF2N4O6S. The molecule has 14 heteroatoms. The van der Waals surface area contributed by atoms with Gasteiger partial charge in [-0.2, -0.15) is 4.36 Å². The number of halogens is 3. The lowest BCUT2D eigenvalue weighted by Gasteiger charge is -2.43. The maximum atomic E-state index is 14.6. The van der Waals surface area contributed by atoms with E-state index in [-0.39, 0.29) is 35.7 Å². The number of rotatable bonds is 6. The zero-order chi connectivity index (χ0) is 37.0. The van der Waals surface area contributed by atoms with E-state index in [1.807, 2.05) is 31.2 Å². The average molecular weight is 763 g/mol. The number of alkyl halides is 2. The number of amides is 3. The topological polar surface area (TPSA) is 119 Å². The summed E-state index contributed by atoms with van der Waals surface area (Å²) >= 11 is 6.45. The smallest absolute Gasteiger partial charge is 0.315 e. The molecule has 6 rings (SSSR count). The Morgan fingerprint density at radius 1 is 1.10 bits per heavy atom. The number of anilines is 1. The van der Waals surface area contributed by atoms with E-state index in [1.165, 1.54) is 5.56 Å². The summed E-state index contributed by atoms with van der Waals surface area (Å²) < 4.78 is 63.2. The van der Waals surface area contributed by atoms with Gasteiger partial charge in [-0.05, 0) is 97.7 Å². The second kappa shape index (κ2) is 16.8. The Balaban J connectivity index is 1.40. The number of nitrogens with zero attached hydrogens (tertiary/aromatic N) is 2. The van der Waals surface area contributed by atoms with Crippen LogP contribution in [0.4, 0.5) is 19.3 Å². The number of carbonyl (C=O) groups is 2. The van der Waals surface area contributed by atoms with Crippen molar-refractivity contribution >= 4 is 39.0 Å². The van der Waals surface area contributed by atoms with Crippen LogP contribution in [0.15, 0.2) is 52.9 Å². The van der Waals surface area contributed by atoms with E-state index in [2.05, 4.69) is 26.0 Å². The third-order valence-corrected chi connectivity index (χ3v) is 13.2. The summed E-state index contributed by atoms with van der Waals surface area (Å²) in [5.74, 6) is -1.33. The summed E-state index contributed by atoms with van der Waals surface area (Å²) in [6.45, 7) is 3.59. The molecule has 2 aromatic rings. The van der Waals surface area contributed by atoms with E-state index in [9.17, 15) is 22.6 Å². The molecule has 1 unspecified atom stereocenters. The molecular weight excluding hydrogens is 714 g/mol. The molecule has 2 N–H and O–H groups in total. The fraction of sp³-hybridized carbons (Fsp3) is 0.579. The summed E-state index contributed by atoms with van der Waals surface area (Å²) in [7, 11) is -0.162. The number of benzene rings is 2. The van der Waals surface area contributed by atoms with E-state index in [4.69, 9.17) is 25.8 Å². The second-order valence-corrected chi connectivity index (χ2v) is 17.3. The first-order valence-electron chi connectivity index (χ1n) is 18.1. The molecule has 3 amide bonds. The lowest BCUT2D eigenvalue weighted by Crippen LogP contribution is -2.43. The minimum atomic E-state index is -3.43. The highest BCUT2D eigenvalue weighted by atomic mass is 35.5. The zero-order valence-corrected chi connectivity index (χ0v) is 31.5. The molecule has 2 heterocycles. The monoisotopic (exact) mass is 762 g/mol. The van der Waals surface area contributed by atoms with Crippen molar-refractivity contribution in [3.8, 4) is 5.75 Å². The van der Waals surface area contributed by atoms with E-state index < -0.39 is 52.0 Å². The maximum absolute atomic E-state index is 14.6. The molecule has 0 spiro atoms. The number of hydrogen-bond acceptors (Lipinski definition) is 7. The minimum Gasteiger partial charge on any atom is -0.491 e. The highest BCUT2D eigenvalue weighted by molar-refractivity contribution is 7.93. The molecule has 0 aromatic heterocycles. The first kappa shape index (κ1) is 38.5. The fourth-order valence-corrected chi connectivity index (χ4v) is 9.83. The molecule has 2 aliphatic heterocycles. The SMILES string of the molecule is CO[C@H]1/C=C/[C@H](OC)[C@H](C)CS(=O)(CNC(=O)N[C@H]2C[C@@H]2C(F)F)=NC(=O)c2ccc3c(c2)N(Cc2ccc(Cl)cc2CCCCO3)C[C@@H]2CC[C@H]21. The number of methoxy groups -OCH3 is 2. The molecule has 2 fully saturated rings. The Morgan fingerprint density at radius 2 is 1.88 bits per heavy atom. The summed E-state index contributed by atoms with van der Waals surface area (Å²) in [4.78, 5) is 29.0. The van der Waals surface area contributed by atoms with Gasteiger partial charge in [0.1, 0.15) is 11.6 Å². The number of fused-ring (bicyclic) bond motifs is 3. The molecule has 10 nitrogen and oxygen atoms in total. The third kappa shape index (κ3) is 9.26. The number of hydrogen-bond donors (Lipinski definition) is 2. The van der Waals surface area contributed by atoms with Crippen molar-refractivity contribution in [3.05, 3.63) is 70.3 Å². The van der Waals surface area contributed by atoms with Crippen LogP contribution in [0.5, 0.6) is 5.75 Å². The average Bonchev–Trinajstić information content (AvgIpc) is 3.88. The van der Waals surface area contributed by atoms with Crippen LogP contribution in [-0.4, -0.2) is 79.8 Å². The van der Waals surface area contributed by atoms with Crippen molar-refractivity contribution in [2.75, 3.05) is 43.9 Å². The summed E-state index contributed by atoms with van der Waals surface area (Å²) in [6.07, 6.45) is 5.53. The van der Waals surface area contributed by atoms with E-state index in [0.717, 1.165) is 43.4 Å². The Morgan fingerprint density at radius 3 is 2.60 bits per heavy atom. The molecule has 2 saturated carbocycles. The van der Waals surface area contributed by atoms with Crippen molar-refractivity contribution in [1.29, 1.82) is 0 Å². The highest BCUT2D eigenvalue weighted by Crippen LogP contribution is 2.42. The number of nitrogens with one attached hydrogen (secondary N) is 2. The number of aryl methyl sites for hydroxylation is 1. The zero-order valence-electron chi connectivity index (χ0n) is 29.9. The van der Waals surface area contributed by atoms with Crippen molar-refractivity contribution in [1.82, 2.24) is 10.6 Å². The molecule has 0 saturated heterocycles. The lowest BCUT2D eigenvalue weighted by atomic mass is 9.70. The van der Waals surface area contributed by atoms with E-state index in [1.54, 1.807) is 32.4 Å². The van der Waals surface area contributed by atoms with Crippen molar-refractivity contribution < 1.29 is 36.8 Å². The molecule has 284 valence electrons. The first-order chi connectivity index (χ1) is 25.0. The van der Waals surface area contributed by atoms with Crippen LogP contribution in [0.1, 0.15) is 60.5 Å². The number of carbonyl (C=O) groups excluding carboxylic acids is 2. The lowest BCUT2D eigenvalue weighted by molar-refractivity contribution is 0.0122. The third-order valence-electron chi connectivity index (χ3n) is 10.8. The molecule has 0 radical (unpaired) electrons. The minimum absolute atomic E-state index is 0.0752. The van der Waals surface area contributed by atoms with Gasteiger partial charge >= 0.3 is 6.03 Å². The van der Waals surface area contributed by atoms with Gasteiger partial charge < -0.3 is 29.7 Å². The molecule has 4 aliphatic rings. The van der Waals surface area contributed by atoms with E-state index >= 15 is 0 Å². The van der Waals surface area contributed by atoms with Crippen LogP contribution in [0.2, 0.25) is 5.02 Å². The van der Waals surface area contributed by atoms with Crippen molar-refractivity contribution in [2.45, 2.75) is 76.7 Å². The molecule has 2 aromatic carbocycles. The Kier molecular flexibility index (Phi) is 12.4. The summed E-state index contributed by atoms with van der Waals surface area (Å²) in [6, 6.07) is 9.79. The van der Waals surface area contributed by atoms with Gasteiger partial charge in [0, 0.05) is 55.6 Å². The first-order valence-corrected chi connectivity index (χ1v) is 20.3. The standard InChI is InChI=1S/C38H49ClF2N4O6S/c1-23-21-52(48,22-42-38(47)43-31-18-30(31)36(40)41)44-37(46)25-9-12-35-32(17-25)45(19-26-7-10-28(39)16-24(26)6-4-5-15-51-35)20-27-8-11-29(27)34(50-3)14-13-33(23)49-2/h7,9-10,12-14,16-17,23,27,29-31,33-34,36H,4-6,8,11,15,18-22H2,1-3H3,(H2,42,43,47)/b14-13+/t23-,27+,29-,30+,31+,33+,34+,52?/m1/s1. The Hall–Kier alpha value is -3.26. The van der Waals surface area contributed by atoms with Gasteiger partial charge in [-0.3, -0.25) is 4.79 Å². The predicted octanol–water partition coefficient (Wildman–Crippen LogP) is 6.84. The van der Waals surface area contributed by atoms with Crippen LogP contribution in [0, 0.1) is 23.7 Å². The van der Waals surface area contributed by atoms with Gasteiger partial charge in [-0.15, -0.1) is 0 Å². The molecule has 52 heavy (non-hydrogen) atoms. The van der Waals surface area contributed by atoms with Gasteiger partial charge in [-0.25, -0.2) is 17.8 Å². The highest BCUT2D eigenvalue weighted by Gasteiger charge is 2.45. The van der Waals surface area contributed by atoms with Gasteiger partial charge in [0.25, 0.3) is 5.91 Å². The van der Waals surface area contributed by atoms with Gasteiger partial charge in [0.2, 0.25) is 6.43 Å². The maximum Gasteiger partial charge on any atom is 0.315 e. The molecule has 2 bridgehead atoms. The Bertz CT molecular complexity index is 1770. The number of urea groups is 1. The molecule has 2 aliphatic carbocycles. The van der Waals surface area contributed by atoms with Crippen molar-refractivity contribution in [3.63, 3.8) is 0 Å². The fourth-order valence-electron chi connectivity index (χ4n) is 7.60. The quantitative estimate of drug-likeness (QED) is 0.310. The van der Waals surface area contributed by atoms with Gasteiger partial charge in [-0.1, -0.05) is 36.7 Å². The van der Waals surface area contributed by atoms with Crippen LogP contribution >= 0.6 is 11.6 Å². The van der Waals surface area contributed by atoms with Gasteiger partial charge in [0.05, 0.1) is 34.2 Å².